The van der Waals surface area contributed by atoms with Gasteiger partial charge in [0.1, 0.15) is 4.60 Å². The van der Waals surface area contributed by atoms with Crippen LogP contribution in [0.25, 0.3) is 0 Å². The van der Waals surface area contributed by atoms with Crippen LogP contribution >= 0.6 is 15.9 Å². The van der Waals surface area contributed by atoms with Crippen molar-refractivity contribution in [2.24, 2.45) is 0 Å². The third-order valence-electron chi connectivity index (χ3n) is 2.96. The molecule has 6 nitrogen and oxygen atoms in total. The lowest BCUT2D eigenvalue weighted by Gasteiger charge is -2.11. The third kappa shape index (κ3) is 4.02. The summed E-state index contributed by atoms with van der Waals surface area (Å²) in [5.41, 5.74) is 1.81. The first-order chi connectivity index (χ1) is 10.7. The molecular weight excluding hydrogens is 348 g/mol. The number of amides is 1. The summed E-state index contributed by atoms with van der Waals surface area (Å²) in [7, 11) is 1.54. The number of nitrogens with zero attached hydrogens (tertiary/aromatic N) is 2. The lowest BCUT2D eigenvalue weighted by molar-refractivity contribution is 0.102. The topological polar surface area (TPSA) is 76.1 Å². The number of rotatable bonds is 6. The zero-order valence-corrected chi connectivity index (χ0v) is 14.0. The molecule has 1 amide bonds. The molecule has 0 atom stereocenters. The highest BCUT2D eigenvalue weighted by Crippen LogP contribution is 2.23. The molecule has 2 heterocycles. The van der Waals surface area contributed by atoms with Crippen molar-refractivity contribution in [3.05, 3.63) is 46.3 Å². The normalized spacial score (nSPS) is 10.3. The zero-order valence-electron chi connectivity index (χ0n) is 12.4. The molecule has 2 N–H and O–H groups in total. The van der Waals surface area contributed by atoms with Gasteiger partial charge >= 0.3 is 0 Å². The second-order valence-corrected chi connectivity index (χ2v) is 5.18. The van der Waals surface area contributed by atoms with Crippen LogP contribution in [0.4, 0.5) is 5.69 Å². The van der Waals surface area contributed by atoms with E-state index in [-0.39, 0.29) is 5.91 Å². The molecule has 0 aliphatic rings. The lowest BCUT2D eigenvalue weighted by Crippen LogP contribution is -2.20. The Bertz CT molecular complexity index is 664. The molecule has 2 aromatic rings. The molecule has 22 heavy (non-hydrogen) atoms. The number of hydrogen-bond donors (Lipinski definition) is 2. The Morgan fingerprint density at radius 3 is 2.86 bits per heavy atom. The molecule has 0 saturated carbocycles. The second-order valence-electron chi connectivity index (χ2n) is 4.42. The number of carbonyl (C=O) groups excluding carboxylic acids is 1. The molecular formula is C15H17BrN4O2. The SMILES string of the molecule is CCNCc1ncccc1C(=O)Nc1ccc(OC)nc1Br. The van der Waals surface area contributed by atoms with E-state index in [0.29, 0.717) is 34.0 Å². The first-order valence-corrected chi connectivity index (χ1v) is 7.61. The average Bonchev–Trinajstić information content (AvgIpc) is 2.55. The maximum atomic E-state index is 12.4. The molecule has 0 bridgehead atoms. The highest BCUT2D eigenvalue weighted by molar-refractivity contribution is 9.10. The smallest absolute Gasteiger partial charge is 0.257 e. The Morgan fingerprint density at radius 1 is 1.36 bits per heavy atom. The van der Waals surface area contributed by atoms with Crippen LogP contribution in [0.15, 0.2) is 35.1 Å². The molecule has 0 aliphatic heterocycles. The third-order valence-corrected chi connectivity index (χ3v) is 3.56. The van der Waals surface area contributed by atoms with E-state index >= 15 is 0 Å². The predicted molar refractivity (Wildman–Crippen MR) is 88.1 cm³/mol. The van der Waals surface area contributed by atoms with Gasteiger partial charge in [-0.3, -0.25) is 9.78 Å². The van der Waals surface area contributed by atoms with Gasteiger partial charge < -0.3 is 15.4 Å². The van der Waals surface area contributed by atoms with E-state index < -0.39 is 0 Å². The van der Waals surface area contributed by atoms with Gasteiger partial charge in [0.15, 0.2) is 0 Å². The van der Waals surface area contributed by atoms with Crippen molar-refractivity contribution in [2.75, 3.05) is 19.0 Å². The average molecular weight is 365 g/mol. The van der Waals surface area contributed by atoms with Crippen LogP contribution in [0.2, 0.25) is 0 Å². The number of halogens is 1. The van der Waals surface area contributed by atoms with Crippen LogP contribution in [0.3, 0.4) is 0 Å². The Morgan fingerprint density at radius 2 is 2.18 bits per heavy atom. The molecule has 0 spiro atoms. The highest BCUT2D eigenvalue weighted by Gasteiger charge is 2.14. The van der Waals surface area contributed by atoms with Crippen molar-refractivity contribution in [3.8, 4) is 5.88 Å². The fourth-order valence-corrected chi connectivity index (χ4v) is 2.25. The summed E-state index contributed by atoms with van der Waals surface area (Å²) >= 11 is 3.32. The molecule has 116 valence electrons. The molecule has 0 aliphatic carbocycles. The summed E-state index contributed by atoms with van der Waals surface area (Å²) in [4.78, 5) is 20.9. The van der Waals surface area contributed by atoms with Crippen LogP contribution in [0, 0.1) is 0 Å². The minimum absolute atomic E-state index is 0.228. The van der Waals surface area contributed by atoms with Crippen molar-refractivity contribution in [2.45, 2.75) is 13.5 Å². The van der Waals surface area contributed by atoms with Crippen molar-refractivity contribution in [1.82, 2.24) is 15.3 Å². The van der Waals surface area contributed by atoms with E-state index in [9.17, 15) is 4.79 Å². The number of methoxy groups -OCH3 is 1. The highest BCUT2D eigenvalue weighted by atomic mass is 79.9. The molecule has 0 fully saturated rings. The number of ether oxygens (including phenoxy) is 1. The van der Waals surface area contributed by atoms with Crippen molar-refractivity contribution < 1.29 is 9.53 Å². The first kappa shape index (κ1) is 16.4. The molecule has 0 radical (unpaired) electrons. The van der Waals surface area contributed by atoms with E-state index in [0.717, 1.165) is 6.54 Å². The number of anilines is 1. The van der Waals surface area contributed by atoms with Crippen molar-refractivity contribution >= 4 is 27.5 Å². The summed E-state index contributed by atoms with van der Waals surface area (Å²) in [6, 6.07) is 6.91. The summed E-state index contributed by atoms with van der Waals surface area (Å²) in [5.74, 6) is 0.243. The largest absolute Gasteiger partial charge is 0.481 e. The standard InChI is InChI=1S/C15H17BrN4O2/c1-3-17-9-12-10(5-4-8-18-12)15(21)19-11-6-7-13(22-2)20-14(11)16/h4-8,17H,3,9H2,1-2H3,(H,19,21). The number of nitrogens with one attached hydrogen (secondary N) is 2. The maximum absolute atomic E-state index is 12.4. The zero-order chi connectivity index (χ0) is 15.9. The quantitative estimate of drug-likeness (QED) is 0.770. The Balaban J connectivity index is 2.19. The summed E-state index contributed by atoms with van der Waals surface area (Å²) in [6.07, 6.45) is 1.67. The Hall–Kier alpha value is -1.99. The van der Waals surface area contributed by atoms with Gasteiger partial charge in [0.25, 0.3) is 5.91 Å². The lowest BCUT2D eigenvalue weighted by atomic mass is 10.1. The van der Waals surface area contributed by atoms with Crippen LogP contribution in [-0.2, 0) is 6.54 Å². The van der Waals surface area contributed by atoms with Gasteiger partial charge in [-0.2, -0.15) is 0 Å². The fraction of sp³-hybridized carbons (Fsp3) is 0.267. The van der Waals surface area contributed by atoms with Gasteiger partial charge in [0, 0.05) is 18.8 Å². The number of hydrogen-bond acceptors (Lipinski definition) is 5. The minimum Gasteiger partial charge on any atom is -0.481 e. The molecule has 2 aromatic heterocycles. The van der Waals surface area contributed by atoms with Gasteiger partial charge in [-0.05, 0) is 40.7 Å². The molecule has 2 rings (SSSR count). The van der Waals surface area contributed by atoms with Gasteiger partial charge in [-0.25, -0.2) is 4.98 Å². The van der Waals surface area contributed by atoms with Gasteiger partial charge in [-0.1, -0.05) is 6.92 Å². The Kier molecular flexibility index (Phi) is 5.85. The van der Waals surface area contributed by atoms with Crippen LogP contribution < -0.4 is 15.4 Å². The van der Waals surface area contributed by atoms with E-state index in [2.05, 4.69) is 36.5 Å². The number of aromatic nitrogens is 2. The van der Waals surface area contributed by atoms with Gasteiger partial charge in [-0.15, -0.1) is 0 Å². The van der Waals surface area contributed by atoms with E-state index in [1.54, 1.807) is 30.5 Å². The predicted octanol–water partition coefficient (Wildman–Crippen LogP) is 2.61. The second kappa shape index (κ2) is 7.86. The van der Waals surface area contributed by atoms with Gasteiger partial charge in [0.2, 0.25) is 5.88 Å². The van der Waals surface area contributed by atoms with Crippen LogP contribution in [0.1, 0.15) is 23.0 Å². The van der Waals surface area contributed by atoms with Crippen molar-refractivity contribution in [3.63, 3.8) is 0 Å². The van der Waals surface area contributed by atoms with Gasteiger partial charge in [0.05, 0.1) is 24.1 Å². The molecule has 0 saturated heterocycles. The fourth-order valence-electron chi connectivity index (χ4n) is 1.84. The van der Waals surface area contributed by atoms with E-state index in [4.69, 9.17) is 4.74 Å². The molecule has 0 unspecified atom stereocenters. The minimum atomic E-state index is -0.228. The van der Waals surface area contributed by atoms with Crippen LogP contribution in [0.5, 0.6) is 5.88 Å². The van der Waals surface area contributed by atoms with E-state index in [1.807, 2.05) is 6.92 Å². The number of pyridine rings is 2. The van der Waals surface area contributed by atoms with Crippen molar-refractivity contribution in [1.29, 1.82) is 0 Å². The Labute approximate surface area is 137 Å². The first-order valence-electron chi connectivity index (χ1n) is 6.82. The summed E-state index contributed by atoms with van der Waals surface area (Å²) in [5, 5.41) is 5.99. The van der Waals surface area contributed by atoms with E-state index in [1.165, 1.54) is 7.11 Å². The summed E-state index contributed by atoms with van der Waals surface area (Å²) < 4.78 is 5.54. The molecule has 7 heteroatoms. The van der Waals surface area contributed by atoms with Crippen LogP contribution in [-0.4, -0.2) is 29.5 Å². The monoisotopic (exact) mass is 364 g/mol. The summed E-state index contributed by atoms with van der Waals surface area (Å²) in [6.45, 7) is 3.36. The molecule has 0 aromatic carbocycles. The maximum Gasteiger partial charge on any atom is 0.257 e. The number of carbonyl (C=O) groups is 1.